The van der Waals surface area contributed by atoms with Crippen LogP contribution < -0.4 is 15.0 Å². The van der Waals surface area contributed by atoms with Crippen LogP contribution in [0.15, 0.2) is 65.3 Å². The van der Waals surface area contributed by atoms with Gasteiger partial charge in [0.15, 0.2) is 0 Å². The fourth-order valence-electron chi connectivity index (χ4n) is 3.70. The molecular weight excluding hydrogens is 390 g/mol. The predicted octanol–water partition coefficient (Wildman–Crippen LogP) is 4.82. The maximum absolute atomic E-state index is 6.02. The van der Waals surface area contributed by atoms with Gasteiger partial charge in [-0.3, -0.25) is 0 Å². The van der Waals surface area contributed by atoms with Crippen molar-refractivity contribution in [2.45, 2.75) is 6.92 Å². The lowest BCUT2D eigenvalue weighted by Crippen LogP contribution is -2.44. The summed E-state index contributed by atoms with van der Waals surface area (Å²) in [5.41, 5.74) is 4.48. The van der Waals surface area contributed by atoms with Crippen molar-refractivity contribution in [1.29, 1.82) is 0 Å². The summed E-state index contributed by atoms with van der Waals surface area (Å²) >= 11 is 0. The molecule has 31 heavy (non-hydrogen) atoms. The van der Waals surface area contributed by atoms with Crippen molar-refractivity contribution < 1.29 is 9.15 Å². The Morgan fingerprint density at radius 2 is 1.77 bits per heavy atom. The highest BCUT2D eigenvalue weighted by molar-refractivity contribution is 5.79. The zero-order chi connectivity index (χ0) is 21.2. The van der Waals surface area contributed by atoms with Gasteiger partial charge >= 0.3 is 0 Å². The highest BCUT2D eigenvalue weighted by atomic mass is 16.5. The van der Waals surface area contributed by atoms with Crippen LogP contribution in [0.4, 0.5) is 17.3 Å². The second-order valence-corrected chi connectivity index (χ2v) is 7.87. The summed E-state index contributed by atoms with van der Waals surface area (Å²) in [6, 6.07) is 18.0. The minimum Gasteiger partial charge on any atom is -0.457 e. The number of furan rings is 1. The molecule has 2 aromatic heterocycles. The number of piperazine rings is 1. The van der Waals surface area contributed by atoms with E-state index in [1.165, 1.54) is 5.69 Å². The SMILES string of the molecule is Cc1cccc(Oc2nc(Nc3ccc(N4CCN(C)CC4)cc3)nc3ccoc23)c1. The Balaban J connectivity index is 1.36. The van der Waals surface area contributed by atoms with E-state index in [2.05, 4.69) is 56.4 Å². The molecular formula is C24H25N5O2. The molecule has 3 heterocycles. The number of ether oxygens (including phenoxy) is 1. The molecule has 7 heteroatoms. The van der Waals surface area contributed by atoms with Crippen LogP contribution in [-0.4, -0.2) is 48.1 Å². The van der Waals surface area contributed by atoms with Crippen molar-refractivity contribution in [2.24, 2.45) is 0 Å². The number of hydrogen-bond donors (Lipinski definition) is 1. The maximum Gasteiger partial charge on any atom is 0.268 e. The van der Waals surface area contributed by atoms with Crippen LogP contribution in [0, 0.1) is 6.92 Å². The third kappa shape index (κ3) is 4.32. The number of rotatable bonds is 5. The van der Waals surface area contributed by atoms with Crippen molar-refractivity contribution in [2.75, 3.05) is 43.4 Å². The highest BCUT2D eigenvalue weighted by Gasteiger charge is 2.15. The van der Waals surface area contributed by atoms with Gasteiger partial charge in [0.25, 0.3) is 5.88 Å². The molecule has 1 fully saturated rings. The maximum atomic E-state index is 6.02. The van der Waals surface area contributed by atoms with Crippen LogP contribution >= 0.6 is 0 Å². The van der Waals surface area contributed by atoms with Crippen molar-refractivity contribution in [3.8, 4) is 11.6 Å². The number of hydrogen-bond acceptors (Lipinski definition) is 7. The molecule has 7 nitrogen and oxygen atoms in total. The average Bonchev–Trinajstić information content (AvgIpc) is 3.24. The third-order valence-corrected chi connectivity index (χ3v) is 5.47. The number of nitrogens with one attached hydrogen (secondary N) is 1. The molecule has 0 aliphatic carbocycles. The lowest BCUT2D eigenvalue weighted by atomic mass is 10.2. The van der Waals surface area contributed by atoms with Gasteiger partial charge in [0.05, 0.1) is 6.26 Å². The molecule has 0 saturated carbocycles. The Bertz CT molecular complexity index is 1180. The fourth-order valence-corrected chi connectivity index (χ4v) is 3.70. The monoisotopic (exact) mass is 415 g/mol. The molecule has 0 amide bonds. The lowest BCUT2D eigenvalue weighted by Gasteiger charge is -2.34. The van der Waals surface area contributed by atoms with Crippen LogP contribution in [0.2, 0.25) is 0 Å². The number of fused-ring (bicyclic) bond motifs is 1. The molecule has 0 bridgehead atoms. The van der Waals surface area contributed by atoms with Gasteiger partial charge in [0.1, 0.15) is 11.3 Å². The lowest BCUT2D eigenvalue weighted by molar-refractivity contribution is 0.313. The number of anilines is 3. The molecule has 1 aliphatic heterocycles. The average molecular weight is 415 g/mol. The van der Waals surface area contributed by atoms with Gasteiger partial charge in [-0.1, -0.05) is 12.1 Å². The normalized spacial score (nSPS) is 14.7. The smallest absolute Gasteiger partial charge is 0.268 e. The zero-order valence-corrected chi connectivity index (χ0v) is 17.7. The summed E-state index contributed by atoms with van der Waals surface area (Å²) in [4.78, 5) is 13.9. The van der Waals surface area contributed by atoms with Gasteiger partial charge in [-0.15, -0.1) is 0 Å². The van der Waals surface area contributed by atoms with Crippen LogP contribution in [0.3, 0.4) is 0 Å². The Morgan fingerprint density at radius 3 is 2.55 bits per heavy atom. The molecule has 1 N–H and O–H groups in total. The fraction of sp³-hybridized carbons (Fsp3) is 0.250. The number of aromatic nitrogens is 2. The topological polar surface area (TPSA) is 66.7 Å². The Morgan fingerprint density at radius 1 is 0.968 bits per heavy atom. The Labute approximate surface area is 181 Å². The second kappa shape index (κ2) is 8.28. The van der Waals surface area contributed by atoms with E-state index in [0.29, 0.717) is 28.7 Å². The molecule has 0 atom stereocenters. The summed E-state index contributed by atoms with van der Waals surface area (Å²) in [6.07, 6.45) is 1.59. The first kappa shape index (κ1) is 19.4. The molecule has 2 aromatic carbocycles. The third-order valence-electron chi connectivity index (χ3n) is 5.47. The molecule has 0 spiro atoms. The summed E-state index contributed by atoms with van der Waals surface area (Å²) in [6.45, 7) is 6.28. The van der Waals surface area contributed by atoms with E-state index in [-0.39, 0.29) is 0 Å². The summed E-state index contributed by atoms with van der Waals surface area (Å²) in [7, 11) is 2.16. The van der Waals surface area contributed by atoms with Gasteiger partial charge < -0.3 is 24.3 Å². The van der Waals surface area contributed by atoms with E-state index in [1.807, 2.05) is 37.3 Å². The standard InChI is InChI=1S/C24H25N5O2/c1-17-4-3-5-20(16-17)31-23-22-21(10-15-30-22)26-24(27-23)25-18-6-8-19(9-7-18)29-13-11-28(2)12-14-29/h3-10,15-16H,11-14H2,1-2H3,(H,25,26,27). The Kier molecular flexibility index (Phi) is 5.18. The number of aryl methyl sites for hydroxylation is 1. The van der Waals surface area contributed by atoms with Crippen LogP contribution in [0.5, 0.6) is 11.6 Å². The minimum absolute atomic E-state index is 0.386. The molecule has 4 aromatic rings. The van der Waals surface area contributed by atoms with Crippen molar-refractivity contribution in [1.82, 2.24) is 14.9 Å². The van der Waals surface area contributed by atoms with E-state index >= 15 is 0 Å². The second-order valence-electron chi connectivity index (χ2n) is 7.87. The quantitative estimate of drug-likeness (QED) is 0.501. The summed E-state index contributed by atoms with van der Waals surface area (Å²) < 4.78 is 11.6. The van der Waals surface area contributed by atoms with E-state index < -0.39 is 0 Å². The largest absolute Gasteiger partial charge is 0.457 e. The van der Waals surface area contributed by atoms with Crippen molar-refractivity contribution in [3.05, 3.63) is 66.4 Å². The molecule has 5 rings (SSSR count). The van der Waals surface area contributed by atoms with E-state index in [0.717, 1.165) is 37.4 Å². The van der Waals surface area contributed by atoms with Gasteiger partial charge in [-0.05, 0) is 55.9 Å². The van der Waals surface area contributed by atoms with Gasteiger partial charge in [-0.2, -0.15) is 4.98 Å². The van der Waals surface area contributed by atoms with Gasteiger partial charge in [0, 0.05) is 43.6 Å². The van der Waals surface area contributed by atoms with Crippen LogP contribution in [0.1, 0.15) is 5.56 Å². The van der Waals surface area contributed by atoms with E-state index in [1.54, 1.807) is 6.26 Å². The summed E-state index contributed by atoms with van der Waals surface area (Å²) in [5.74, 6) is 1.56. The Hall–Kier alpha value is -3.58. The molecule has 0 radical (unpaired) electrons. The van der Waals surface area contributed by atoms with Gasteiger partial charge in [0.2, 0.25) is 11.5 Å². The molecule has 158 valence electrons. The molecule has 1 aliphatic rings. The zero-order valence-electron chi connectivity index (χ0n) is 17.7. The molecule has 0 unspecified atom stereocenters. The van der Waals surface area contributed by atoms with Crippen LogP contribution in [-0.2, 0) is 0 Å². The number of nitrogens with zero attached hydrogens (tertiary/aromatic N) is 4. The van der Waals surface area contributed by atoms with Crippen molar-refractivity contribution in [3.63, 3.8) is 0 Å². The predicted molar refractivity (Wildman–Crippen MR) is 122 cm³/mol. The van der Waals surface area contributed by atoms with Gasteiger partial charge in [-0.25, -0.2) is 4.98 Å². The van der Waals surface area contributed by atoms with E-state index in [4.69, 9.17) is 9.15 Å². The van der Waals surface area contributed by atoms with Crippen LogP contribution in [0.25, 0.3) is 11.1 Å². The number of likely N-dealkylation sites (N-methyl/N-ethyl adjacent to an activating group) is 1. The first-order valence-electron chi connectivity index (χ1n) is 10.4. The summed E-state index contributed by atoms with van der Waals surface area (Å²) in [5, 5.41) is 3.29. The first-order chi connectivity index (χ1) is 15.1. The molecule has 1 saturated heterocycles. The van der Waals surface area contributed by atoms with E-state index in [9.17, 15) is 0 Å². The number of benzene rings is 2. The highest BCUT2D eigenvalue weighted by Crippen LogP contribution is 2.30. The van der Waals surface area contributed by atoms with Crippen molar-refractivity contribution >= 4 is 28.4 Å². The first-order valence-corrected chi connectivity index (χ1v) is 10.4. The minimum atomic E-state index is 0.386.